The molecule has 0 amide bonds. The molecule has 0 aliphatic carbocycles. The van der Waals surface area contributed by atoms with E-state index >= 15 is 0 Å². The Hall–Kier alpha value is -2.03. The third kappa shape index (κ3) is 3.98. The molecule has 0 spiro atoms. The van der Waals surface area contributed by atoms with Crippen LogP contribution in [0.1, 0.15) is 19.4 Å². The Labute approximate surface area is 114 Å². The van der Waals surface area contributed by atoms with Gasteiger partial charge in [-0.2, -0.15) is 0 Å². The van der Waals surface area contributed by atoms with E-state index in [2.05, 4.69) is 41.5 Å². The molecule has 0 aliphatic rings. The first kappa shape index (κ1) is 13.4. The first-order valence-corrected chi connectivity index (χ1v) is 6.68. The van der Waals surface area contributed by atoms with Gasteiger partial charge in [0.05, 0.1) is 6.61 Å². The predicted octanol–water partition coefficient (Wildman–Crippen LogP) is 3.52. The standard InChI is InChI=1S/C16H20N2O/c1-3-19-15-10-7-11-17-16(15)18-13(2)12-14-8-5-4-6-9-14/h4-11,13H,3,12H2,1-2H3,(H,17,18). The van der Waals surface area contributed by atoms with Crippen molar-refractivity contribution in [2.24, 2.45) is 0 Å². The van der Waals surface area contributed by atoms with E-state index in [-0.39, 0.29) is 0 Å². The highest BCUT2D eigenvalue weighted by Gasteiger charge is 2.08. The minimum Gasteiger partial charge on any atom is -0.490 e. The fraction of sp³-hybridized carbons (Fsp3) is 0.312. The van der Waals surface area contributed by atoms with E-state index in [1.165, 1.54) is 5.56 Å². The molecule has 2 rings (SSSR count). The van der Waals surface area contributed by atoms with Gasteiger partial charge in [-0.25, -0.2) is 4.98 Å². The molecule has 2 aromatic rings. The lowest BCUT2D eigenvalue weighted by atomic mass is 10.1. The van der Waals surface area contributed by atoms with Crippen molar-refractivity contribution < 1.29 is 4.74 Å². The number of hydrogen-bond acceptors (Lipinski definition) is 3. The molecule has 0 saturated carbocycles. The number of nitrogens with zero attached hydrogens (tertiary/aromatic N) is 1. The van der Waals surface area contributed by atoms with Gasteiger partial charge in [0.2, 0.25) is 0 Å². The maximum absolute atomic E-state index is 5.56. The summed E-state index contributed by atoms with van der Waals surface area (Å²) in [6.07, 6.45) is 2.74. The van der Waals surface area contributed by atoms with Crippen LogP contribution in [0.15, 0.2) is 48.7 Å². The van der Waals surface area contributed by atoms with Gasteiger partial charge in [-0.3, -0.25) is 0 Å². The van der Waals surface area contributed by atoms with E-state index < -0.39 is 0 Å². The molecule has 0 fully saturated rings. The van der Waals surface area contributed by atoms with Crippen LogP contribution in [-0.2, 0) is 6.42 Å². The highest BCUT2D eigenvalue weighted by atomic mass is 16.5. The van der Waals surface area contributed by atoms with E-state index in [1.807, 2.05) is 25.1 Å². The lowest BCUT2D eigenvalue weighted by Gasteiger charge is -2.17. The van der Waals surface area contributed by atoms with Crippen molar-refractivity contribution >= 4 is 5.82 Å². The van der Waals surface area contributed by atoms with Crippen LogP contribution in [0.4, 0.5) is 5.82 Å². The van der Waals surface area contributed by atoms with Crippen molar-refractivity contribution in [2.75, 3.05) is 11.9 Å². The molecule has 0 radical (unpaired) electrons. The molecule has 1 heterocycles. The molecule has 1 N–H and O–H groups in total. The molecular formula is C16H20N2O. The maximum atomic E-state index is 5.56. The molecule has 3 heteroatoms. The van der Waals surface area contributed by atoms with Gasteiger partial charge >= 0.3 is 0 Å². The summed E-state index contributed by atoms with van der Waals surface area (Å²) in [5, 5.41) is 3.41. The predicted molar refractivity (Wildman–Crippen MR) is 78.6 cm³/mol. The van der Waals surface area contributed by atoms with Gasteiger partial charge in [0.1, 0.15) is 0 Å². The van der Waals surface area contributed by atoms with E-state index in [0.717, 1.165) is 18.0 Å². The number of aromatic nitrogens is 1. The summed E-state index contributed by atoms with van der Waals surface area (Å²) in [5.41, 5.74) is 1.32. The van der Waals surface area contributed by atoms with Crippen molar-refractivity contribution in [3.63, 3.8) is 0 Å². The number of rotatable bonds is 6. The third-order valence-corrected chi connectivity index (χ3v) is 2.84. The molecule has 0 aliphatic heterocycles. The molecule has 1 atom stereocenters. The van der Waals surface area contributed by atoms with E-state index in [0.29, 0.717) is 12.6 Å². The second kappa shape index (κ2) is 6.78. The van der Waals surface area contributed by atoms with Crippen LogP contribution in [0, 0.1) is 0 Å². The average molecular weight is 256 g/mol. The Kier molecular flexibility index (Phi) is 4.78. The Morgan fingerprint density at radius 3 is 2.68 bits per heavy atom. The van der Waals surface area contributed by atoms with Crippen LogP contribution in [0.2, 0.25) is 0 Å². The van der Waals surface area contributed by atoms with Crippen LogP contribution < -0.4 is 10.1 Å². The smallest absolute Gasteiger partial charge is 0.168 e. The Morgan fingerprint density at radius 1 is 1.16 bits per heavy atom. The second-order valence-corrected chi connectivity index (χ2v) is 4.52. The van der Waals surface area contributed by atoms with Crippen molar-refractivity contribution in [1.29, 1.82) is 0 Å². The third-order valence-electron chi connectivity index (χ3n) is 2.84. The maximum Gasteiger partial charge on any atom is 0.168 e. The van der Waals surface area contributed by atoms with Crippen LogP contribution >= 0.6 is 0 Å². The van der Waals surface area contributed by atoms with Crippen LogP contribution in [0.25, 0.3) is 0 Å². The highest BCUT2D eigenvalue weighted by Crippen LogP contribution is 2.22. The molecule has 3 nitrogen and oxygen atoms in total. The van der Waals surface area contributed by atoms with E-state index in [4.69, 9.17) is 4.74 Å². The number of pyridine rings is 1. The fourth-order valence-electron chi connectivity index (χ4n) is 2.02. The summed E-state index contributed by atoms with van der Waals surface area (Å²) >= 11 is 0. The summed E-state index contributed by atoms with van der Waals surface area (Å²) in [4.78, 5) is 4.34. The minimum atomic E-state index is 0.302. The first-order chi connectivity index (χ1) is 9.29. The summed E-state index contributed by atoms with van der Waals surface area (Å²) in [5.74, 6) is 1.62. The lowest BCUT2D eigenvalue weighted by Crippen LogP contribution is -2.19. The highest BCUT2D eigenvalue weighted by molar-refractivity contribution is 5.50. The van der Waals surface area contributed by atoms with Crippen LogP contribution in [0.5, 0.6) is 5.75 Å². The summed E-state index contributed by atoms with van der Waals surface area (Å²) < 4.78 is 5.56. The molecule has 0 bridgehead atoms. The average Bonchev–Trinajstić information content (AvgIpc) is 2.42. The van der Waals surface area contributed by atoms with E-state index in [9.17, 15) is 0 Å². The number of anilines is 1. The molecule has 100 valence electrons. The number of nitrogens with one attached hydrogen (secondary N) is 1. The van der Waals surface area contributed by atoms with Crippen LogP contribution in [0.3, 0.4) is 0 Å². The van der Waals surface area contributed by atoms with Crippen molar-refractivity contribution in [3.8, 4) is 5.75 Å². The van der Waals surface area contributed by atoms with Gasteiger partial charge in [-0.15, -0.1) is 0 Å². The molecule has 1 aromatic carbocycles. The SMILES string of the molecule is CCOc1cccnc1NC(C)Cc1ccccc1. The Morgan fingerprint density at radius 2 is 1.95 bits per heavy atom. The van der Waals surface area contributed by atoms with Gasteiger partial charge in [-0.05, 0) is 38.0 Å². The van der Waals surface area contributed by atoms with Gasteiger partial charge < -0.3 is 10.1 Å². The summed E-state index contributed by atoms with van der Waals surface area (Å²) in [7, 11) is 0. The van der Waals surface area contributed by atoms with Gasteiger partial charge in [0.25, 0.3) is 0 Å². The second-order valence-electron chi connectivity index (χ2n) is 4.52. The van der Waals surface area contributed by atoms with Gasteiger partial charge in [0.15, 0.2) is 11.6 Å². The van der Waals surface area contributed by atoms with Gasteiger partial charge in [-0.1, -0.05) is 30.3 Å². The molecule has 19 heavy (non-hydrogen) atoms. The van der Waals surface area contributed by atoms with Crippen molar-refractivity contribution in [3.05, 3.63) is 54.2 Å². The summed E-state index contributed by atoms with van der Waals surface area (Å²) in [6.45, 7) is 4.77. The number of benzene rings is 1. The van der Waals surface area contributed by atoms with E-state index in [1.54, 1.807) is 6.20 Å². The summed E-state index contributed by atoms with van der Waals surface area (Å²) in [6, 6.07) is 14.6. The zero-order valence-corrected chi connectivity index (χ0v) is 11.5. The normalized spacial score (nSPS) is 11.9. The van der Waals surface area contributed by atoms with Crippen molar-refractivity contribution in [2.45, 2.75) is 26.3 Å². The fourth-order valence-corrected chi connectivity index (χ4v) is 2.02. The first-order valence-electron chi connectivity index (χ1n) is 6.68. The number of hydrogen-bond donors (Lipinski definition) is 1. The van der Waals surface area contributed by atoms with Gasteiger partial charge in [0, 0.05) is 12.2 Å². The minimum absolute atomic E-state index is 0.302. The Bertz CT molecular complexity index is 499. The zero-order valence-electron chi connectivity index (χ0n) is 11.5. The quantitative estimate of drug-likeness (QED) is 0.858. The molecule has 0 saturated heterocycles. The van der Waals surface area contributed by atoms with Crippen molar-refractivity contribution in [1.82, 2.24) is 4.98 Å². The molecule has 1 aromatic heterocycles. The lowest BCUT2D eigenvalue weighted by molar-refractivity contribution is 0.340. The molecular weight excluding hydrogens is 236 g/mol. The topological polar surface area (TPSA) is 34.1 Å². The Balaban J connectivity index is 2.00. The largest absolute Gasteiger partial charge is 0.490 e. The van der Waals surface area contributed by atoms with Crippen LogP contribution in [-0.4, -0.2) is 17.6 Å². The number of ether oxygens (including phenoxy) is 1. The zero-order chi connectivity index (χ0) is 13.5. The monoisotopic (exact) mass is 256 g/mol. The molecule has 1 unspecified atom stereocenters.